The fourth-order valence-electron chi connectivity index (χ4n) is 5.23. The molecule has 4 heterocycles. The van der Waals surface area contributed by atoms with Crippen LogP contribution in [-0.4, -0.2) is 71.2 Å². The maximum atomic E-state index is 13.4. The Balaban J connectivity index is 1.38. The highest BCUT2D eigenvalue weighted by molar-refractivity contribution is 9.10. The standard InChI is InChI=1S/C30H32BrN8O3P/c1-38-10-7-19(18-38)20-15-24(26(41-2)16-25(20)39-11-13-42-14-12-39)36-30-34-17-21(31)29(37-30)35-23-6-5-22-27(33-9-8-32-22)28(23)43(3,4)40/h5-10,15-18H,11-14H2,1-4H3,(H2,34,35,36,37). The Kier molecular flexibility index (Phi) is 8.09. The minimum absolute atomic E-state index is 0.362. The van der Waals surface area contributed by atoms with E-state index < -0.39 is 7.14 Å². The van der Waals surface area contributed by atoms with Crippen LogP contribution in [0.1, 0.15) is 0 Å². The number of anilines is 5. The molecule has 0 saturated carbocycles. The molecule has 3 aromatic heterocycles. The maximum Gasteiger partial charge on any atom is 0.229 e. The third-order valence-electron chi connectivity index (χ3n) is 7.21. The summed E-state index contributed by atoms with van der Waals surface area (Å²) in [6, 6.07) is 9.93. The number of ether oxygens (including phenoxy) is 2. The van der Waals surface area contributed by atoms with Crippen molar-refractivity contribution < 1.29 is 14.0 Å². The Bertz CT molecular complexity index is 1850. The number of aromatic nitrogens is 5. The quantitative estimate of drug-likeness (QED) is 0.198. The van der Waals surface area contributed by atoms with Crippen molar-refractivity contribution in [3.05, 3.63) is 65.8 Å². The molecule has 5 aromatic rings. The molecule has 0 radical (unpaired) electrons. The van der Waals surface area contributed by atoms with Gasteiger partial charge in [0.05, 0.1) is 47.0 Å². The van der Waals surface area contributed by atoms with E-state index in [0.29, 0.717) is 57.2 Å². The summed E-state index contributed by atoms with van der Waals surface area (Å²) >= 11 is 3.57. The number of halogens is 1. The van der Waals surface area contributed by atoms with Crippen molar-refractivity contribution in [1.82, 2.24) is 24.5 Å². The highest BCUT2D eigenvalue weighted by Gasteiger charge is 2.23. The maximum absolute atomic E-state index is 13.4. The van der Waals surface area contributed by atoms with Gasteiger partial charge in [0.15, 0.2) is 0 Å². The molecule has 13 heteroatoms. The molecular formula is C30H32BrN8O3P. The first-order valence-electron chi connectivity index (χ1n) is 13.7. The Morgan fingerprint density at radius 1 is 1.02 bits per heavy atom. The van der Waals surface area contributed by atoms with Crippen molar-refractivity contribution >= 4 is 68.2 Å². The van der Waals surface area contributed by atoms with E-state index >= 15 is 0 Å². The molecule has 0 aliphatic carbocycles. The van der Waals surface area contributed by atoms with Gasteiger partial charge >= 0.3 is 0 Å². The topological polar surface area (TPSA) is 119 Å². The Labute approximate surface area is 258 Å². The van der Waals surface area contributed by atoms with Crippen LogP contribution in [0.15, 0.2) is 65.8 Å². The summed E-state index contributed by atoms with van der Waals surface area (Å²) in [5.41, 5.74) is 5.87. The second kappa shape index (κ2) is 11.9. The second-order valence-electron chi connectivity index (χ2n) is 10.6. The first-order valence-corrected chi connectivity index (χ1v) is 17.1. The van der Waals surface area contributed by atoms with Gasteiger partial charge in [-0.25, -0.2) is 4.98 Å². The highest BCUT2D eigenvalue weighted by atomic mass is 79.9. The molecule has 43 heavy (non-hydrogen) atoms. The van der Waals surface area contributed by atoms with Crippen LogP contribution in [0.25, 0.3) is 22.2 Å². The number of nitrogens with zero attached hydrogens (tertiary/aromatic N) is 6. The largest absolute Gasteiger partial charge is 0.494 e. The lowest BCUT2D eigenvalue weighted by Gasteiger charge is -2.31. The SMILES string of the molecule is COc1cc(N2CCOCC2)c(-c2ccn(C)c2)cc1Nc1ncc(Br)c(Nc2ccc3nccnc3c2P(C)(C)=O)n1. The van der Waals surface area contributed by atoms with Gasteiger partial charge in [-0.2, -0.15) is 4.98 Å². The lowest BCUT2D eigenvalue weighted by atomic mass is 10.0. The molecular weight excluding hydrogens is 631 g/mol. The summed E-state index contributed by atoms with van der Waals surface area (Å²) in [4.78, 5) is 20.5. The molecule has 6 rings (SSSR count). The number of hydrogen-bond donors (Lipinski definition) is 2. The summed E-state index contributed by atoms with van der Waals surface area (Å²) in [7, 11) is 0.910. The molecule has 1 saturated heterocycles. The van der Waals surface area contributed by atoms with Gasteiger partial charge in [0.2, 0.25) is 5.95 Å². The van der Waals surface area contributed by atoms with Gasteiger partial charge in [-0.05, 0) is 53.5 Å². The molecule has 0 atom stereocenters. The zero-order valence-electron chi connectivity index (χ0n) is 24.3. The van der Waals surface area contributed by atoms with E-state index in [1.54, 1.807) is 39.0 Å². The molecule has 222 valence electrons. The number of benzene rings is 2. The molecule has 1 fully saturated rings. The van der Waals surface area contributed by atoms with Gasteiger partial charge in [0.1, 0.15) is 24.2 Å². The number of hydrogen-bond acceptors (Lipinski definition) is 10. The number of fused-ring (bicyclic) bond motifs is 1. The summed E-state index contributed by atoms with van der Waals surface area (Å²) in [6.07, 6.45) is 9.03. The molecule has 2 N–H and O–H groups in total. The molecule has 11 nitrogen and oxygen atoms in total. The van der Waals surface area contributed by atoms with E-state index in [1.807, 2.05) is 29.9 Å². The molecule has 2 aromatic carbocycles. The third kappa shape index (κ3) is 6.08. The van der Waals surface area contributed by atoms with Crippen LogP contribution in [0.4, 0.5) is 28.8 Å². The molecule has 1 aliphatic heterocycles. The van der Waals surface area contributed by atoms with Crippen LogP contribution in [0.5, 0.6) is 5.75 Å². The fraction of sp³-hybridized carbons (Fsp3) is 0.267. The number of rotatable bonds is 8. The first-order chi connectivity index (χ1) is 20.7. The van der Waals surface area contributed by atoms with Crippen molar-refractivity contribution in [2.75, 3.05) is 62.3 Å². The van der Waals surface area contributed by atoms with Gasteiger partial charge < -0.3 is 34.1 Å². The lowest BCUT2D eigenvalue weighted by molar-refractivity contribution is 0.122. The molecule has 1 aliphatic rings. The van der Waals surface area contributed by atoms with Crippen molar-refractivity contribution in [3.63, 3.8) is 0 Å². The van der Waals surface area contributed by atoms with Crippen LogP contribution in [0, 0.1) is 0 Å². The number of methoxy groups -OCH3 is 1. The third-order valence-corrected chi connectivity index (χ3v) is 9.32. The predicted molar refractivity (Wildman–Crippen MR) is 175 cm³/mol. The number of aryl methyl sites for hydroxylation is 1. The predicted octanol–water partition coefficient (Wildman–Crippen LogP) is 5.77. The van der Waals surface area contributed by atoms with Crippen molar-refractivity contribution in [1.29, 1.82) is 0 Å². The Hall–Kier alpha value is -3.99. The van der Waals surface area contributed by atoms with Gasteiger partial charge in [0.25, 0.3) is 0 Å². The zero-order chi connectivity index (χ0) is 30.1. The minimum atomic E-state index is -2.75. The van der Waals surface area contributed by atoms with E-state index in [2.05, 4.69) is 70.8 Å². The summed E-state index contributed by atoms with van der Waals surface area (Å²) in [5.74, 6) is 1.53. The summed E-state index contributed by atoms with van der Waals surface area (Å²) in [5, 5.41) is 7.34. The monoisotopic (exact) mass is 662 g/mol. The average Bonchev–Trinajstić information content (AvgIpc) is 3.44. The second-order valence-corrected chi connectivity index (χ2v) is 14.6. The van der Waals surface area contributed by atoms with Crippen molar-refractivity contribution in [2.45, 2.75) is 0 Å². The molecule has 0 unspecified atom stereocenters. The molecule has 0 bridgehead atoms. The van der Waals surface area contributed by atoms with Crippen molar-refractivity contribution in [2.24, 2.45) is 7.05 Å². The minimum Gasteiger partial charge on any atom is -0.494 e. The highest BCUT2D eigenvalue weighted by Crippen LogP contribution is 2.42. The number of nitrogens with one attached hydrogen (secondary N) is 2. The van der Waals surface area contributed by atoms with Gasteiger partial charge in [-0.1, -0.05) is 0 Å². The Morgan fingerprint density at radius 3 is 2.53 bits per heavy atom. The van der Waals surface area contributed by atoms with Crippen LogP contribution < -0.4 is 25.6 Å². The van der Waals surface area contributed by atoms with Crippen LogP contribution >= 0.6 is 23.1 Å². The summed E-state index contributed by atoms with van der Waals surface area (Å²) < 4.78 is 27.5. The van der Waals surface area contributed by atoms with Crippen LogP contribution in [-0.2, 0) is 16.3 Å². The molecule has 0 spiro atoms. The van der Waals surface area contributed by atoms with E-state index in [9.17, 15) is 4.57 Å². The van der Waals surface area contributed by atoms with Gasteiger partial charge in [-0.3, -0.25) is 9.97 Å². The van der Waals surface area contributed by atoms with Gasteiger partial charge in [0, 0.05) is 74.0 Å². The van der Waals surface area contributed by atoms with Crippen LogP contribution in [0.3, 0.4) is 0 Å². The lowest BCUT2D eigenvalue weighted by Crippen LogP contribution is -2.36. The zero-order valence-corrected chi connectivity index (χ0v) is 26.8. The normalized spacial score (nSPS) is 13.7. The summed E-state index contributed by atoms with van der Waals surface area (Å²) in [6.45, 7) is 6.39. The average molecular weight is 664 g/mol. The van der Waals surface area contributed by atoms with E-state index in [0.717, 1.165) is 35.6 Å². The van der Waals surface area contributed by atoms with Crippen molar-refractivity contribution in [3.8, 4) is 16.9 Å². The smallest absolute Gasteiger partial charge is 0.229 e. The van der Waals surface area contributed by atoms with E-state index in [4.69, 9.17) is 14.5 Å². The van der Waals surface area contributed by atoms with Gasteiger partial charge in [-0.15, -0.1) is 0 Å². The number of morpholine rings is 1. The first kappa shape index (κ1) is 29.1. The molecule has 0 amide bonds. The van der Waals surface area contributed by atoms with Crippen LogP contribution in [0.2, 0.25) is 0 Å². The fourth-order valence-corrected chi connectivity index (χ4v) is 6.91. The van der Waals surface area contributed by atoms with E-state index in [1.165, 1.54) is 0 Å². The Morgan fingerprint density at radius 2 is 1.81 bits per heavy atom. The van der Waals surface area contributed by atoms with E-state index in [-0.39, 0.29) is 0 Å².